The molecule has 0 radical (unpaired) electrons. The molecule has 0 fully saturated rings. The Balaban J connectivity index is 1.72. The molecule has 0 aromatic heterocycles. The third-order valence-electron chi connectivity index (χ3n) is 3.61. The molecule has 3 N–H and O–H groups in total. The monoisotopic (exact) mass is 364 g/mol. The lowest BCUT2D eigenvalue weighted by Gasteiger charge is -2.15. The number of amides is 2. The molecule has 138 valence electrons. The minimum absolute atomic E-state index is 0.000676. The second-order valence-electron chi connectivity index (χ2n) is 5.53. The van der Waals surface area contributed by atoms with E-state index in [1.165, 1.54) is 18.2 Å². The van der Waals surface area contributed by atoms with Crippen LogP contribution in [0.5, 0.6) is 0 Å². The minimum Gasteiger partial charge on any atom is -0.383 e. The molecular formula is C17H18F2N4O3. The van der Waals surface area contributed by atoms with Crippen LogP contribution in [0.2, 0.25) is 0 Å². The fraction of sp³-hybridized carbons (Fsp3) is 0.235. The Morgan fingerprint density at radius 1 is 1.12 bits per heavy atom. The van der Waals surface area contributed by atoms with Gasteiger partial charge in [0.1, 0.15) is 0 Å². The van der Waals surface area contributed by atoms with E-state index in [2.05, 4.69) is 16.0 Å². The number of rotatable bonds is 7. The number of hydrogen-bond acceptors (Lipinski definition) is 4. The van der Waals surface area contributed by atoms with E-state index < -0.39 is 28.6 Å². The molecular weight excluding hydrogens is 346 g/mol. The lowest BCUT2D eigenvalue weighted by Crippen LogP contribution is -2.39. The highest BCUT2D eigenvalue weighted by atomic mass is 19.2. The standard InChI is InChI=1S/C17H18F2N4O3/c1-11(12-2-7-15(18)16(19)10-12)22-17(24)21-9-8-20-13-3-5-14(6-4-13)23(25)26/h2-7,10-11,20H,8-9H2,1H3,(H2,21,22,24)/t11-/m0/s1. The third kappa shape index (κ3) is 5.40. The van der Waals surface area contributed by atoms with Gasteiger partial charge in [-0.05, 0) is 36.8 Å². The second-order valence-corrected chi connectivity index (χ2v) is 5.53. The van der Waals surface area contributed by atoms with Gasteiger partial charge in [-0.25, -0.2) is 13.6 Å². The molecule has 0 spiro atoms. The predicted octanol–water partition coefficient (Wildman–Crippen LogP) is 3.35. The second kappa shape index (κ2) is 8.75. The van der Waals surface area contributed by atoms with Gasteiger partial charge < -0.3 is 16.0 Å². The highest BCUT2D eigenvalue weighted by molar-refractivity contribution is 5.74. The number of nitrogens with one attached hydrogen (secondary N) is 3. The molecule has 0 unspecified atom stereocenters. The lowest BCUT2D eigenvalue weighted by molar-refractivity contribution is -0.384. The number of nitrogens with zero attached hydrogens (tertiary/aromatic N) is 1. The van der Waals surface area contributed by atoms with Crippen LogP contribution < -0.4 is 16.0 Å². The summed E-state index contributed by atoms with van der Waals surface area (Å²) in [6.45, 7) is 2.36. The van der Waals surface area contributed by atoms with Crippen LogP contribution in [0, 0.1) is 21.7 Å². The topological polar surface area (TPSA) is 96.3 Å². The average molecular weight is 364 g/mol. The van der Waals surface area contributed by atoms with Crippen LogP contribution >= 0.6 is 0 Å². The molecule has 0 aliphatic carbocycles. The molecule has 0 saturated heterocycles. The highest BCUT2D eigenvalue weighted by Gasteiger charge is 2.11. The van der Waals surface area contributed by atoms with Crippen LogP contribution in [0.1, 0.15) is 18.5 Å². The largest absolute Gasteiger partial charge is 0.383 e. The van der Waals surface area contributed by atoms with E-state index in [1.807, 2.05) is 0 Å². The molecule has 2 rings (SSSR count). The first-order valence-corrected chi connectivity index (χ1v) is 7.84. The number of non-ortho nitro benzene ring substituents is 1. The van der Waals surface area contributed by atoms with E-state index >= 15 is 0 Å². The third-order valence-corrected chi connectivity index (χ3v) is 3.61. The van der Waals surface area contributed by atoms with Crippen molar-refractivity contribution in [2.45, 2.75) is 13.0 Å². The molecule has 0 bridgehead atoms. The van der Waals surface area contributed by atoms with Gasteiger partial charge in [-0.3, -0.25) is 10.1 Å². The number of anilines is 1. The van der Waals surface area contributed by atoms with Crippen LogP contribution in [-0.4, -0.2) is 24.0 Å². The molecule has 0 aliphatic heterocycles. The number of halogens is 2. The smallest absolute Gasteiger partial charge is 0.315 e. The number of nitro benzene ring substituents is 1. The maximum atomic E-state index is 13.2. The predicted molar refractivity (Wildman–Crippen MR) is 92.9 cm³/mol. The van der Waals surface area contributed by atoms with Gasteiger partial charge in [0.2, 0.25) is 0 Å². The summed E-state index contributed by atoms with van der Waals surface area (Å²) in [4.78, 5) is 21.9. The van der Waals surface area contributed by atoms with Crippen molar-refractivity contribution >= 4 is 17.4 Å². The first-order valence-electron chi connectivity index (χ1n) is 7.84. The van der Waals surface area contributed by atoms with Crippen molar-refractivity contribution in [3.8, 4) is 0 Å². The van der Waals surface area contributed by atoms with E-state index in [0.717, 1.165) is 12.1 Å². The lowest BCUT2D eigenvalue weighted by atomic mass is 10.1. The molecule has 1 atom stereocenters. The van der Waals surface area contributed by atoms with Gasteiger partial charge in [0.25, 0.3) is 5.69 Å². The van der Waals surface area contributed by atoms with Crippen molar-refractivity contribution in [1.29, 1.82) is 0 Å². The van der Waals surface area contributed by atoms with Crippen molar-refractivity contribution in [1.82, 2.24) is 10.6 Å². The average Bonchev–Trinajstić information content (AvgIpc) is 2.61. The summed E-state index contributed by atoms with van der Waals surface area (Å²) in [5.41, 5.74) is 1.13. The maximum absolute atomic E-state index is 13.2. The van der Waals surface area contributed by atoms with E-state index in [4.69, 9.17) is 0 Å². The van der Waals surface area contributed by atoms with Crippen LogP contribution in [0.25, 0.3) is 0 Å². The number of carbonyl (C=O) groups is 1. The Kier molecular flexibility index (Phi) is 6.42. The maximum Gasteiger partial charge on any atom is 0.315 e. The molecule has 0 aliphatic rings. The van der Waals surface area contributed by atoms with Gasteiger partial charge in [-0.2, -0.15) is 0 Å². The summed E-state index contributed by atoms with van der Waals surface area (Å²) in [6.07, 6.45) is 0. The van der Waals surface area contributed by atoms with Crippen molar-refractivity contribution in [3.05, 3.63) is 69.8 Å². The van der Waals surface area contributed by atoms with E-state index in [1.54, 1.807) is 19.1 Å². The molecule has 7 nitrogen and oxygen atoms in total. The fourth-order valence-corrected chi connectivity index (χ4v) is 2.20. The zero-order chi connectivity index (χ0) is 19.1. The summed E-state index contributed by atoms with van der Waals surface area (Å²) >= 11 is 0. The molecule has 0 saturated carbocycles. The van der Waals surface area contributed by atoms with E-state index in [0.29, 0.717) is 24.3 Å². The summed E-state index contributed by atoms with van der Waals surface area (Å²) in [7, 11) is 0. The van der Waals surface area contributed by atoms with Crippen molar-refractivity contribution in [2.75, 3.05) is 18.4 Å². The van der Waals surface area contributed by atoms with Gasteiger partial charge >= 0.3 is 6.03 Å². The number of hydrogen-bond donors (Lipinski definition) is 3. The van der Waals surface area contributed by atoms with Gasteiger partial charge in [-0.15, -0.1) is 0 Å². The van der Waals surface area contributed by atoms with E-state index in [9.17, 15) is 23.7 Å². The number of carbonyl (C=O) groups excluding carboxylic acids is 1. The van der Waals surface area contributed by atoms with Gasteiger partial charge in [0.05, 0.1) is 11.0 Å². The van der Waals surface area contributed by atoms with Crippen LogP contribution in [-0.2, 0) is 0 Å². The molecule has 9 heteroatoms. The quantitative estimate of drug-likeness (QED) is 0.399. The number of nitro groups is 1. The first-order chi connectivity index (χ1) is 12.4. The fourth-order valence-electron chi connectivity index (χ4n) is 2.20. The Bertz CT molecular complexity index is 784. The van der Waals surface area contributed by atoms with Crippen LogP contribution in [0.15, 0.2) is 42.5 Å². The zero-order valence-corrected chi connectivity index (χ0v) is 14.0. The van der Waals surface area contributed by atoms with Crippen molar-refractivity contribution < 1.29 is 18.5 Å². The first kappa shape index (κ1) is 19.1. The Hall–Kier alpha value is -3.23. The summed E-state index contributed by atoms with van der Waals surface area (Å²) < 4.78 is 26.1. The van der Waals surface area contributed by atoms with E-state index in [-0.39, 0.29) is 5.69 Å². The molecule has 2 aromatic rings. The van der Waals surface area contributed by atoms with Gasteiger partial charge in [-0.1, -0.05) is 6.07 Å². The molecule has 0 heterocycles. The molecule has 2 amide bonds. The van der Waals surface area contributed by atoms with Crippen LogP contribution in [0.4, 0.5) is 25.0 Å². The summed E-state index contributed by atoms with van der Waals surface area (Å²) in [5, 5.41) is 18.8. The Labute approximate surface area is 148 Å². The van der Waals surface area contributed by atoms with Crippen LogP contribution in [0.3, 0.4) is 0 Å². The van der Waals surface area contributed by atoms with Crippen molar-refractivity contribution in [2.24, 2.45) is 0 Å². The zero-order valence-electron chi connectivity index (χ0n) is 14.0. The highest BCUT2D eigenvalue weighted by Crippen LogP contribution is 2.16. The molecule has 2 aromatic carbocycles. The minimum atomic E-state index is -0.969. The SMILES string of the molecule is C[C@H](NC(=O)NCCNc1ccc([N+](=O)[O-])cc1)c1ccc(F)c(F)c1. The van der Waals surface area contributed by atoms with Gasteiger partial charge in [0, 0.05) is 30.9 Å². The summed E-state index contributed by atoms with van der Waals surface area (Å²) in [5.74, 6) is -1.91. The normalized spacial score (nSPS) is 11.5. The molecule has 26 heavy (non-hydrogen) atoms. The van der Waals surface area contributed by atoms with Crippen molar-refractivity contribution in [3.63, 3.8) is 0 Å². The van der Waals surface area contributed by atoms with Gasteiger partial charge in [0.15, 0.2) is 11.6 Å². The number of urea groups is 1. The Morgan fingerprint density at radius 3 is 2.42 bits per heavy atom. The Morgan fingerprint density at radius 2 is 1.81 bits per heavy atom. The summed E-state index contributed by atoms with van der Waals surface area (Å²) in [6, 6.07) is 8.41. The number of benzene rings is 2.